The van der Waals surface area contributed by atoms with Crippen molar-refractivity contribution in [3.63, 3.8) is 0 Å². The number of carbonyl (C=O) groups excluding carboxylic acids is 2. The molecule has 168 valence electrons. The zero-order valence-corrected chi connectivity index (χ0v) is 19.8. The predicted octanol–water partition coefficient (Wildman–Crippen LogP) is 5.58. The average Bonchev–Trinajstić information content (AvgIpc) is 2.69. The summed E-state index contributed by atoms with van der Waals surface area (Å²) in [5, 5.41) is 9.15. The lowest BCUT2D eigenvalue weighted by molar-refractivity contribution is -0.183. The lowest BCUT2D eigenvalue weighted by Gasteiger charge is -2.57. The summed E-state index contributed by atoms with van der Waals surface area (Å²) in [5.41, 5.74) is -0.527. The van der Waals surface area contributed by atoms with E-state index in [2.05, 4.69) is 34.3 Å². The zero-order valence-electron chi connectivity index (χ0n) is 19.8. The topological polar surface area (TPSA) is 63.6 Å². The van der Waals surface area contributed by atoms with Crippen molar-refractivity contribution in [1.82, 2.24) is 0 Å². The number of aliphatic hydroxyl groups excluding tert-OH is 1. The molecule has 0 aromatic rings. The zero-order chi connectivity index (χ0) is 22.4. The molecule has 0 aromatic carbocycles. The molecule has 5 unspecified atom stereocenters. The van der Waals surface area contributed by atoms with E-state index in [0.717, 1.165) is 19.3 Å². The van der Waals surface area contributed by atoms with Crippen LogP contribution in [0.4, 0.5) is 0 Å². The van der Waals surface area contributed by atoms with E-state index in [-0.39, 0.29) is 41.8 Å². The van der Waals surface area contributed by atoms with Crippen LogP contribution in [0.15, 0.2) is 12.7 Å². The van der Waals surface area contributed by atoms with Crippen molar-refractivity contribution in [3.05, 3.63) is 12.7 Å². The molecule has 4 nitrogen and oxygen atoms in total. The number of aliphatic hydroxyl groups is 1. The molecule has 1 N–H and O–H groups in total. The quantitative estimate of drug-likeness (QED) is 0.460. The first-order chi connectivity index (χ1) is 13.6. The van der Waals surface area contributed by atoms with Gasteiger partial charge in [-0.1, -0.05) is 54.5 Å². The first kappa shape index (κ1) is 25.9. The second-order valence-corrected chi connectivity index (χ2v) is 9.50. The minimum Gasteiger partial charge on any atom is -0.462 e. The van der Waals surface area contributed by atoms with Gasteiger partial charge < -0.3 is 9.84 Å². The SMILES string of the molecule is C=C[C@]1(C)CC(C)C2CCC(C)[C@@](C)(C(OC(=O)CCO)C1)C2C(=O)CC.CC. The standard InChI is InChI=1S/C23H38O4.C2H6/c1-7-18(25)21-17-10-9-16(4)23(21,6)19(27-20(26)11-12-24)14-22(5,8-2)13-15(17)3;1-2/h8,15-17,19,21,24H,2,7,9-14H2,1,3-6H3;1-2H3/t15?,16?,17?,19?,21?,22-,23+;/m1./s1. The molecule has 0 aliphatic heterocycles. The van der Waals surface area contributed by atoms with E-state index in [9.17, 15) is 9.59 Å². The molecular formula is C25H44O4. The highest BCUT2D eigenvalue weighted by Crippen LogP contribution is 2.58. The van der Waals surface area contributed by atoms with Crippen LogP contribution >= 0.6 is 0 Å². The van der Waals surface area contributed by atoms with Crippen molar-refractivity contribution >= 4 is 11.8 Å². The van der Waals surface area contributed by atoms with E-state index in [1.54, 1.807) is 0 Å². The van der Waals surface area contributed by atoms with Crippen molar-refractivity contribution < 1.29 is 19.4 Å². The fraction of sp³-hybridized carbons (Fsp3) is 0.840. The molecule has 7 atom stereocenters. The molecular weight excluding hydrogens is 364 g/mol. The number of rotatable bonds is 6. The summed E-state index contributed by atoms with van der Waals surface area (Å²) in [4.78, 5) is 25.5. The fourth-order valence-electron chi connectivity index (χ4n) is 5.88. The van der Waals surface area contributed by atoms with E-state index in [0.29, 0.717) is 36.4 Å². The molecule has 0 radical (unpaired) electrons. The van der Waals surface area contributed by atoms with Crippen LogP contribution in [0.1, 0.15) is 87.0 Å². The third kappa shape index (κ3) is 5.31. The number of allylic oxidation sites excluding steroid dienone is 1. The van der Waals surface area contributed by atoms with Gasteiger partial charge in [0.05, 0.1) is 13.0 Å². The summed E-state index contributed by atoms with van der Waals surface area (Å²) in [6.45, 7) is 18.6. The van der Waals surface area contributed by atoms with Gasteiger partial charge >= 0.3 is 5.97 Å². The van der Waals surface area contributed by atoms with Crippen LogP contribution in [0.25, 0.3) is 0 Å². The van der Waals surface area contributed by atoms with E-state index < -0.39 is 0 Å². The molecule has 4 heteroatoms. The Labute approximate surface area is 178 Å². The number of fused-ring (bicyclic) bond motifs is 2. The highest BCUT2D eigenvalue weighted by Gasteiger charge is 2.58. The second-order valence-electron chi connectivity index (χ2n) is 9.50. The van der Waals surface area contributed by atoms with Gasteiger partial charge in [-0.2, -0.15) is 0 Å². The molecule has 0 heterocycles. The van der Waals surface area contributed by atoms with Crippen LogP contribution < -0.4 is 0 Å². The molecule has 2 aliphatic rings. The summed E-state index contributed by atoms with van der Waals surface area (Å²) in [6.07, 6.45) is 5.92. The van der Waals surface area contributed by atoms with Gasteiger partial charge in [-0.05, 0) is 48.9 Å². The second kappa shape index (κ2) is 10.7. The maximum absolute atomic E-state index is 13.1. The third-order valence-electron chi connectivity index (χ3n) is 7.74. The molecule has 2 saturated carbocycles. The maximum Gasteiger partial charge on any atom is 0.308 e. The molecule has 29 heavy (non-hydrogen) atoms. The Balaban J connectivity index is 0.00000204. The number of hydrogen-bond acceptors (Lipinski definition) is 4. The molecule has 2 fully saturated rings. The van der Waals surface area contributed by atoms with E-state index in [1.807, 2.05) is 26.8 Å². The molecule has 2 rings (SSSR count). The molecule has 0 spiro atoms. The Kier molecular flexibility index (Phi) is 9.59. The van der Waals surface area contributed by atoms with Crippen LogP contribution in [0, 0.1) is 34.5 Å². The third-order valence-corrected chi connectivity index (χ3v) is 7.74. The monoisotopic (exact) mass is 408 g/mol. The number of ketones is 1. The number of ether oxygens (including phenoxy) is 1. The molecule has 2 aliphatic carbocycles. The Morgan fingerprint density at radius 2 is 1.79 bits per heavy atom. The van der Waals surface area contributed by atoms with Crippen molar-refractivity contribution in [2.24, 2.45) is 34.5 Å². The van der Waals surface area contributed by atoms with E-state index in [4.69, 9.17) is 9.84 Å². The smallest absolute Gasteiger partial charge is 0.308 e. The van der Waals surface area contributed by atoms with Gasteiger partial charge in [-0.15, -0.1) is 6.58 Å². The lowest BCUT2D eigenvalue weighted by atomic mass is 9.48. The predicted molar refractivity (Wildman–Crippen MR) is 118 cm³/mol. The summed E-state index contributed by atoms with van der Waals surface area (Å²) in [5.74, 6) is 0.877. The van der Waals surface area contributed by atoms with Crippen molar-refractivity contribution in [2.45, 2.75) is 93.1 Å². The fourth-order valence-corrected chi connectivity index (χ4v) is 5.88. The van der Waals surface area contributed by atoms with Crippen LogP contribution in [0.3, 0.4) is 0 Å². The van der Waals surface area contributed by atoms with Crippen molar-refractivity contribution in [2.75, 3.05) is 6.61 Å². The lowest BCUT2D eigenvalue weighted by Crippen LogP contribution is -2.58. The maximum atomic E-state index is 13.1. The summed E-state index contributed by atoms with van der Waals surface area (Å²) < 4.78 is 5.98. The van der Waals surface area contributed by atoms with Crippen LogP contribution in [-0.4, -0.2) is 29.6 Å². The first-order valence-electron chi connectivity index (χ1n) is 11.6. The number of esters is 1. The summed E-state index contributed by atoms with van der Waals surface area (Å²) in [7, 11) is 0. The van der Waals surface area contributed by atoms with Crippen LogP contribution in [0.5, 0.6) is 0 Å². The molecule has 0 aromatic heterocycles. The molecule has 0 amide bonds. The average molecular weight is 409 g/mol. The van der Waals surface area contributed by atoms with Crippen molar-refractivity contribution in [3.8, 4) is 0 Å². The van der Waals surface area contributed by atoms with Gasteiger partial charge in [-0.25, -0.2) is 0 Å². The highest BCUT2D eigenvalue weighted by atomic mass is 16.5. The summed E-state index contributed by atoms with van der Waals surface area (Å²) >= 11 is 0. The Hall–Kier alpha value is -1.16. The largest absolute Gasteiger partial charge is 0.462 e. The minimum atomic E-state index is -0.389. The van der Waals surface area contributed by atoms with Gasteiger partial charge in [0.25, 0.3) is 0 Å². The van der Waals surface area contributed by atoms with Gasteiger partial charge in [0, 0.05) is 17.8 Å². The molecule has 2 bridgehead atoms. The Morgan fingerprint density at radius 3 is 2.31 bits per heavy atom. The normalized spacial score (nSPS) is 39.2. The summed E-state index contributed by atoms with van der Waals surface area (Å²) in [6, 6.07) is 0. The first-order valence-corrected chi connectivity index (χ1v) is 11.6. The van der Waals surface area contributed by atoms with E-state index in [1.165, 1.54) is 0 Å². The van der Waals surface area contributed by atoms with Gasteiger partial charge in [0.2, 0.25) is 0 Å². The van der Waals surface area contributed by atoms with Gasteiger partial charge in [0.1, 0.15) is 11.9 Å². The number of hydrogen-bond donors (Lipinski definition) is 1. The Bertz CT molecular complexity index is 571. The van der Waals surface area contributed by atoms with Crippen LogP contribution in [-0.2, 0) is 14.3 Å². The van der Waals surface area contributed by atoms with Crippen molar-refractivity contribution in [1.29, 1.82) is 0 Å². The number of Topliss-reactive ketones (excluding diaryl/α,β-unsaturated/α-hetero) is 1. The van der Waals surface area contributed by atoms with Gasteiger partial charge in [0.15, 0.2) is 0 Å². The number of carbonyl (C=O) groups is 2. The highest BCUT2D eigenvalue weighted by molar-refractivity contribution is 5.82. The van der Waals surface area contributed by atoms with Crippen LogP contribution in [0.2, 0.25) is 0 Å². The van der Waals surface area contributed by atoms with Gasteiger partial charge in [-0.3, -0.25) is 9.59 Å². The Morgan fingerprint density at radius 1 is 1.17 bits per heavy atom. The van der Waals surface area contributed by atoms with E-state index >= 15 is 0 Å². The minimum absolute atomic E-state index is 0.00200. The molecule has 0 saturated heterocycles.